The SMILES string of the molecule is Cc1cc([N+](=O)[O-])ccc1C(=O)NC1C2CCCC1CC(N)C2.Cl. The lowest BCUT2D eigenvalue weighted by Crippen LogP contribution is -2.53. The number of hydrogen-bond donors (Lipinski definition) is 2. The number of nitro groups is 1. The Kier molecular flexibility index (Phi) is 5.83. The molecule has 2 aliphatic carbocycles. The molecule has 0 saturated heterocycles. The predicted molar refractivity (Wildman–Crippen MR) is 94.4 cm³/mol. The number of nitrogens with zero attached hydrogens (tertiary/aromatic N) is 1. The number of nitro benzene ring substituents is 1. The summed E-state index contributed by atoms with van der Waals surface area (Å²) in [5, 5.41) is 14.0. The maximum atomic E-state index is 12.6. The molecule has 24 heavy (non-hydrogen) atoms. The minimum absolute atomic E-state index is 0. The van der Waals surface area contributed by atoms with E-state index in [4.69, 9.17) is 5.73 Å². The number of nitrogens with two attached hydrogens (primary N) is 1. The molecule has 1 amide bonds. The first-order chi connectivity index (χ1) is 11.0. The number of amides is 1. The molecule has 2 aliphatic rings. The summed E-state index contributed by atoms with van der Waals surface area (Å²) in [6.45, 7) is 1.74. The standard InChI is InChI=1S/C17H23N3O3.ClH/c1-10-7-14(20(22)23)5-6-15(10)17(21)19-16-11-3-2-4-12(16)9-13(18)8-11;/h5-7,11-13,16H,2-4,8-9,18H2,1H3,(H,19,21);1H. The summed E-state index contributed by atoms with van der Waals surface area (Å²) in [5.41, 5.74) is 7.29. The zero-order valence-corrected chi connectivity index (χ0v) is 14.6. The Morgan fingerprint density at radius 3 is 2.46 bits per heavy atom. The average Bonchev–Trinajstić information content (AvgIpc) is 2.47. The van der Waals surface area contributed by atoms with Crippen LogP contribution < -0.4 is 11.1 Å². The van der Waals surface area contributed by atoms with Crippen molar-refractivity contribution in [3.63, 3.8) is 0 Å². The van der Waals surface area contributed by atoms with Crippen molar-refractivity contribution in [2.45, 2.75) is 51.1 Å². The fraction of sp³-hybridized carbons (Fsp3) is 0.588. The van der Waals surface area contributed by atoms with Gasteiger partial charge in [0.05, 0.1) is 4.92 Å². The van der Waals surface area contributed by atoms with Crippen LogP contribution in [0.4, 0.5) is 5.69 Å². The first-order valence-corrected chi connectivity index (χ1v) is 8.27. The van der Waals surface area contributed by atoms with Gasteiger partial charge in [0.1, 0.15) is 0 Å². The molecule has 7 heteroatoms. The third-order valence-corrected chi connectivity index (χ3v) is 5.34. The zero-order chi connectivity index (χ0) is 16.6. The molecule has 2 fully saturated rings. The van der Waals surface area contributed by atoms with Gasteiger partial charge in [0.15, 0.2) is 0 Å². The van der Waals surface area contributed by atoms with Gasteiger partial charge >= 0.3 is 0 Å². The zero-order valence-electron chi connectivity index (χ0n) is 13.7. The average molecular weight is 354 g/mol. The predicted octanol–water partition coefficient (Wildman–Crippen LogP) is 2.96. The highest BCUT2D eigenvalue weighted by atomic mass is 35.5. The van der Waals surface area contributed by atoms with Crippen molar-refractivity contribution in [1.29, 1.82) is 0 Å². The number of non-ortho nitro benzene ring substituents is 1. The highest BCUT2D eigenvalue weighted by Crippen LogP contribution is 2.39. The third kappa shape index (κ3) is 3.70. The fourth-order valence-corrected chi connectivity index (χ4v) is 4.27. The number of halogens is 1. The van der Waals surface area contributed by atoms with Crippen LogP contribution in [0.3, 0.4) is 0 Å². The molecule has 3 rings (SSSR count). The lowest BCUT2D eigenvalue weighted by Gasteiger charge is -2.45. The fourth-order valence-electron chi connectivity index (χ4n) is 4.27. The molecule has 2 bridgehead atoms. The number of rotatable bonds is 3. The third-order valence-electron chi connectivity index (χ3n) is 5.34. The molecule has 3 N–H and O–H groups in total. The van der Waals surface area contributed by atoms with Crippen LogP contribution in [0, 0.1) is 28.9 Å². The van der Waals surface area contributed by atoms with Gasteiger partial charge in [-0.25, -0.2) is 0 Å². The van der Waals surface area contributed by atoms with E-state index in [9.17, 15) is 14.9 Å². The van der Waals surface area contributed by atoms with Crippen molar-refractivity contribution in [3.8, 4) is 0 Å². The van der Waals surface area contributed by atoms with E-state index < -0.39 is 4.92 Å². The van der Waals surface area contributed by atoms with Crippen LogP contribution in [0.25, 0.3) is 0 Å². The second-order valence-electron chi connectivity index (χ2n) is 6.94. The summed E-state index contributed by atoms with van der Waals surface area (Å²) >= 11 is 0. The molecule has 1 aromatic rings. The molecular formula is C17H24ClN3O3. The monoisotopic (exact) mass is 353 g/mol. The van der Waals surface area contributed by atoms with Gasteiger partial charge in [0, 0.05) is 29.8 Å². The molecule has 6 nitrogen and oxygen atoms in total. The second-order valence-corrected chi connectivity index (χ2v) is 6.94. The maximum Gasteiger partial charge on any atom is 0.269 e. The number of nitrogens with one attached hydrogen (secondary N) is 1. The lowest BCUT2D eigenvalue weighted by atomic mass is 9.67. The van der Waals surface area contributed by atoms with Crippen LogP contribution in [0.2, 0.25) is 0 Å². The molecule has 0 radical (unpaired) electrons. The summed E-state index contributed by atoms with van der Waals surface area (Å²) in [6, 6.07) is 4.82. The first-order valence-electron chi connectivity index (χ1n) is 8.27. The molecule has 2 atom stereocenters. The van der Waals surface area contributed by atoms with E-state index in [0.29, 0.717) is 23.0 Å². The van der Waals surface area contributed by atoms with Crippen LogP contribution in [-0.4, -0.2) is 22.9 Å². The topological polar surface area (TPSA) is 98.3 Å². The van der Waals surface area contributed by atoms with Gasteiger partial charge in [0.2, 0.25) is 0 Å². The van der Waals surface area contributed by atoms with Crippen molar-refractivity contribution < 1.29 is 9.72 Å². The Labute approximate surface area is 147 Å². The maximum absolute atomic E-state index is 12.6. The van der Waals surface area contributed by atoms with Gasteiger partial charge in [-0.15, -0.1) is 12.4 Å². The summed E-state index contributed by atoms with van der Waals surface area (Å²) in [5.74, 6) is 0.786. The summed E-state index contributed by atoms with van der Waals surface area (Å²) in [6.07, 6.45) is 5.40. The minimum Gasteiger partial charge on any atom is -0.349 e. The van der Waals surface area contributed by atoms with E-state index in [0.717, 1.165) is 25.7 Å². The summed E-state index contributed by atoms with van der Waals surface area (Å²) in [4.78, 5) is 23.0. The van der Waals surface area contributed by atoms with E-state index in [1.165, 1.54) is 18.6 Å². The molecule has 0 heterocycles. The van der Waals surface area contributed by atoms with Crippen LogP contribution in [-0.2, 0) is 0 Å². The molecule has 1 aromatic carbocycles. The Bertz CT molecular complexity index is 624. The molecule has 132 valence electrons. The normalized spacial score (nSPS) is 28.6. The molecule has 2 unspecified atom stereocenters. The molecule has 0 aliphatic heterocycles. The molecule has 0 aromatic heterocycles. The Morgan fingerprint density at radius 1 is 1.29 bits per heavy atom. The Morgan fingerprint density at radius 2 is 1.92 bits per heavy atom. The van der Waals surface area contributed by atoms with E-state index in [1.54, 1.807) is 13.0 Å². The van der Waals surface area contributed by atoms with E-state index in [-0.39, 0.29) is 36.1 Å². The van der Waals surface area contributed by atoms with Gasteiger partial charge in [-0.05, 0) is 56.1 Å². The van der Waals surface area contributed by atoms with Crippen LogP contribution in [0.1, 0.15) is 48.0 Å². The summed E-state index contributed by atoms with van der Waals surface area (Å²) in [7, 11) is 0. The smallest absolute Gasteiger partial charge is 0.269 e. The molecular weight excluding hydrogens is 330 g/mol. The number of aryl methyl sites for hydroxylation is 1. The lowest BCUT2D eigenvalue weighted by molar-refractivity contribution is -0.384. The number of fused-ring (bicyclic) bond motifs is 2. The minimum atomic E-state index is -0.443. The van der Waals surface area contributed by atoms with Crippen molar-refractivity contribution >= 4 is 24.0 Å². The number of carbonyl (C=O) groups excluding carboxylic acids is 1. The van der Waals surface area contributed by atoms with Crippen molar-refractivity contribution in [2.75, 3.05) is 0 Å². The quantitative estimate of drug-likeness (QED) is 0.644. The highest BCUT2D eigenvalue weighted by Gasteiger charge is 2.40. The van der Waals surface area contributed by atoms with Gasteiger partial charge in [0.25, 0.3) is 11.6 Å². The van der Waals surface area contributed by atoms with E-state index in [2.05, 4.69) is 5.32 Å². The Hall–Kier alpha value is -1.66. The second kappa shape index (κ2) is 7.49. The van der Waals surface area contributed by atoms with Gasteiger partial charge in [-0.3, -0.25) is 14.9 Å². The van der Waals surface area contributed by atoms with Crippen molar-refractivity contribution in [2.24, 2.45) is 17.6 Å². The van der Waals surface area contributed by atoms with Gasteiger partial charge < -0.3 is 11.1 Å². The summed E-state index contributed by atoms with van der Waals surface area (Å²) < 4.78 is 0. The van der Waals surface area contributed by atoms with E-state index in [1.807, 2.05) is 0 Å². The van der Waals surface area contributed by atoms with Crippen LogP contribution in [0.15, 0.2) is 18.2 Å². The van der Waals surface area contributed by atoms with Crippen molar-refractivity contribution in [3.05, 3.63) is 39.4 Å². The number of hydrogen-bond acceptors (Lipinski definition) is 4. The Balaban J connectivity index is 0.00000208. The number of benzene rings is 1. The van der Waals surface area contributed by atoms with Gasteiger partial charge in [-0.2, -0.15) is 0 Å². The van der Waals surface area contributed by atoms with E-state index >= 15 is 0 Å². The van der Waals surface area contributed by atoms with Crippen LogP contribution in [0.5, 0.6) is 0 Å². The van der Waals surface area contributed by atoms with Crippen LogP contribution >= 0.6 is 12.4 Å². The highest BCUT2D eigenvalue weighted by molar-refractivity contribution is 5.96. The molecule has 2 saturated carbocycles. The first kappa shape index (κ1) is 18.7. The van der Waals surface area contributed by atoms with Crippen molar-refractivity contribution in [1.82, 2.24) is 5.32 Å². The molecule has 0 spiro atoms. The largest absolute Gasteiger partial charge is 0.349 e. The number of carbonyl (C=O) groups is 1. The van der Waals surface area contributed by atoms with Gasteiger partial charge in [-0.1, -0.05) is 6.42 Å².